The van der Waals surface area contributed by atoms with Crippen molar-refractivity contribution < 1.29 is 27.5 Å². The van der Waals surface area contributed by atoms with E-state index >= 15 is 0 Å². The number of amides is 2. The van der Waals surface area contributed by atoms with E-state index in [-0.39, 0.29) is 18.1 Å². The molecule has 0 spiro atoms. The SMILES string of the molecule is CCCCNC(=O)[C@@H](C)N(Cc1cccc(Cl)c1)C(=O)CN(c1ccc2c(c1)OCCO2)S(C)(=O)=O. The zero-order valence-corrected chi connectivity index (χ0v) is 22.3. The number of unbranched alkanes of at least 4 members (excludes halogenated alkanes) is 1. The van der Waals surface area contributed by atoms with Gasteiger partial charge in [0.15, 0.2) is 11.5 Å². The van der Waals surface area contributed by atoms with E-state index in [0.717, 1.165) is 23.4 Å². The van der Waals surface area contributed by atoms with Gasteiger partial charge in [-0.05, 0) is 43.2 Å². The summed E-state index contributed by atoms with van der Waals surface area (Å²) in [6, 6.07) is 10.8. The van der Waals surface area contributed by atoms with Crippen molar-refractivity contribution in [2.45, 2.75) is 39.3 Å². The minimum absolute atomic E-state index is 0.0838. The maximum atomic E-state index is 13.6. The van der Waals surface area contributed by atoms with E-state index in [2.05, 4.69) is 5.32 Å². The Balaban J connectivity index is 1.89. The third kappa shape index (κ3) is 7.27. The second kappa shape index (κ2) is 12.3. The van der Waals surface area contributed by atoms with Crippen molar-refractivity contribution in [2.24, 2.45) is 0 Å². The highest BCUT2D eigenvalue weighted by atomic mass is 35.5. The minimum atomic E-state index is -3.85. The quantitative estimate of drug-likeness (QED) is 0.441. The lowest BCUT2D eigenvalue weighted by molar-refractivity contribution is -0.139. The van der Waals surface area contributed by atoms with Crippen LogP contribution in [0, 0.1) is 0 Å². The number of nitrogens with zero attached hydrogens (tertiary/aromatic N) is 2. The van der Waals surface area contributed by atoms with Gasteiger partial charge in [0, 0.05) is 24.2 Å². The van der Waals surface area contributed by atoms with Gasteiger partial charge in [0.05, 0.1) is 11.9 Å². The highest BCUT2D eigenvalue weighted by Crippen LogP contribution is 2.34. The number of benzene rings is 2. The summed E-state index contributed by atoms with van der Waals surface area (Å²) in [5.41, 5.74) is 0.979. The van der Waals surface area contributed by atoms with E-state index in [9.17, 15) is 18.0 Å². The fraction of sp³-hybridized carbons (Fsp3) is 0.440. The summed E-state index contributed by atoms with van der Waals surface area (Å²) in [6.45, 7) is 4.46. The van der Waals surface area contributed by atoms with Crippen molar-refractivity contribution in [2.75, 3.05) is 36.9 Å². The first-order valence-electron chi connectivity index (χ1n) is 11.8. The summed E-state index contributed by atoms with van der Waals surface area (Å²) in [4.78, 5) is 27.8. The maximum Gasteiger partial charge on any atom is 0.244 e. The summed E-state index contributed by atoms with van der Waals surface area (Å²) < 4.78 is 37.5. The third-order valence-corrected chi connectivity index (χ3v) is 7.11. The number of carbonyl (C=O) groups excluding carboxylic acids is 2. The molecule has 0 aliphatic carbocycles. The van der Waals surface area contributed by atoms with Crippen LogP contribution < -0.4 is 19.1 Å². The lowest BCUT2D eigenvalue weighted by Crippen LogP contribution is -2.51. The number of anilines is 1. The van der Waals surface area contributed by atoms with Gasteiger partial charge in [-0.15, -0.1) is 0 Å². The largest absolute Gasteiger partial charge is 0.486 e. The van der Waals surface area contributed by atoms with E-state index < -0.39 is 28.5 Å². The molecular formula is C25H32ClN3O6S. The van der Waals surface area contributed by atoms with Crippen LogP contribution in [0.5, 0.6) is 11.5 Å². The minimum Gasteiger partial charge on any atom is -0.486 e. The van der Waals surface area contributed by atoms with Gasteiger partial charge in [0.25, 0.3) is 0 Å². The van der Waals surface area contributed by atoms with Crippen molar-refractivity contribution in [1.29, 1.82) is 0 Å². The van der Waals surface area contributed by atoms with Gasteiger partial charge in [0.1, 0.15) is 25.8 Å². The van der Waals surface area contributed by atoms with Crippen molar-refractivity contribution in [1.82, 2.24) is 10.2 Å². The molecule has 3 rings (SSSR count). The molecular weight excluding hydrogens is 506 g/mol. The molecule has 1 aliphatic rings. The Labute approximate surface area is 217 Å². The van der Waals surface area contributed by atoms with Crippen LogP contribution in [0.3, 0.4) is 0 Å². The van der Waals surface area contributed by atoms with E-state index in [1.54, 1.807) is 43.3 Å². The summed E-state index contributed by atoms with van der Waals surface area (Å²) in [5.74, 6) is 0.0570. The molecule has 1 atom stereocenters. The third-order valence-electron chi connectivity index (χ3n) is 5.73. The molecule has 0 saturated carbocycles. The summed E-state index contributed by atoms with van der Waals surface area (Å²) in [7, 11) is -3.85. The van der Waals surface area contributed by atoms with E-state index in [1.807, 2.05) is 6.92 Å². The van der Waals surface area contributed by atoms with Gasteiger partial charge < -0.3 is 19.7 Å². The van der Waals surface area contributed by atoms with Crippen LogP contribution in [0.25, 0.3) is 0 Å². The molecule has 0 saturated heterocycles. The van der Waals surface area contributed by atoms with Crippen LogP contribution in [-0.2, 0) is 26.2 Å². The first-order valence-corrected chi connectivity index (χ1v) is 14.0. The number of sulfonamides is 1. The molecule has 0 fully saturated rings. The number of rotatable bonds is 11. The molecule has 0 radical (unpaired) electrons. The number of nitrogens with one attached hydrogen (secondary N) is 1. The van der Waals surface area contributed by atoms with Crippen LogP contribution in [0.1, 0.15) is 32.3 Å². The predicted octanol–water partition coefficient (Wildman–Crippen LogP) is 3.21. The molecule has 0 bridgehead atoms. The Morgan fingerprint density at radius 3 is 2.50 bits per heavy atom. The molecule has 1 heterocycles. The Kier molecular flexibility index (Phi) is 9.44. The summed E-state index contributed by atoms with van der Waals surface area (Å²) in [6.07, 6.45) is 2.75. The normalized spacial score (nSPS) is 13.6. The van der Waals surface area contributed by atoms with E-state index in [4.69, 9.17) is 21.1 Å². The average molecular weight is 538 g/mol. The van der Waals surface area contributed by atoms with Crippen molar-refractivity contribution in [3.05, 3.63) is 53.1 Å². The smallest absolute Gasteiger partial charge is 0.244 e. The number of halogens is 1. The first-order chi connectivity index (χ1) is 17.1. The fourth-order valence-electron chi connectivity index (χ4n) is 3.75. The Hall–Kier alpha value is -2.98. The van der Waals surface area contributed by atoms with Crippen LogP contribution in [-0.4, -0.2) is 63.7 Å². The zero-order valence-electron chi connectivity index (χ0n) is 20.7. The lowest BCUT2D eigenvalue weighted by Gasteiger charge is -2.31. The topological polar surface area (TPSA) is 105 Å². The maximum absolute atomic E-state index is 13.6. The number of hydrogen-bond acceptors (Lipinski definition) is 6. The van der Waals surface area contributed by atoms with Gasteiger partial charge in [-0.3, -0.25) is 13.9 Å². The second-order valence-corrected chi connectivity index (χ2v) is 10.9. The van der Waals surface area contributed by atoms with E-state index in [1.165, 1.54) is 11.0 Å². The molecule has 196 valence electrons. The molecule has 36 heavy (non-hydrogen) atoms. The molecule has 2 aromatic rings. The van der Waals surface area contributed by atoms with Gasteiger partial charge in [-0.2, -0.15) is 0 Å². The Bertz CT molecular complexity index is 1190. The predicted molar refractivity (Wildman–Crippen MR) is 139 cm³/mol. The van der Waals surface area contributed by atoms with Crippen LogP contribution >= 0.6 is 11.6 Å². The number of ether oxygens (including phenoxy) is 2. The molecule has 1 aliphatic heterocycles. The van der Waals surface area contributed by atoms with Crippen LogP contribution in [0.2, 0.25) is 5.02 Å². The fourth-order valence-corrected chi connectivity index (χ4v) is 4.81. The molecule has 0 unspecified atom stereocenters. The number of hydrogen-bond donors (Lipinski definition) is 1. The molecule has 2 amide bonds. The van der Waals surface area contributed by atoms with Gasteiger partial charge in [0.2, 0.25) is 21.8 Å². The van der Waals surface area contributed by atoms with Gasteiger partial charge >= 0.3 is 0 Å². The highest BCUT2D eigenvalue weighted by Gasteiger charge is 2.30. The van der Waals surface area contributed by atoms with Crippen molar-refractivity contribution >= 4 is 39.1 Å². The number of carbonyl (C=O) groups is 2. The number of fused-ring (bicyclic) bond motifs is 1. The highest BCUT2D eigenvalue weighted by molar-refractivity contribution is 7.92. The second-order valence-electron chi connectivity index (χ2n) is 8.57. The summed E-state index contributed by atoms with van der Waals surface area (Å²) in [5, 5.41) is 3.34. The average Bonchev–Trinajstić information content (AvgIpc) is 2.84. The standard InChI is InChI=1S/C25H32ClN3O6S/c1-4-5-11-27-25(31)18(2)28(16-19-7-6-8-20(26)14-19)24(30)17-29(36(3,32)33)21-9-10-22-23(15-21)35-13-12-34-22/h6-10,14-15,18H,4-5,11-13,16-17H2,1-3H3,(H,27,31)/t18-/m1/s1. The Morgan fingerprint density at radius 2 is 1.83 bits per heavy atom. The molecule has 1 N–H and O–H groups in total. The lowest BCUT2D eigenvalue weighted by atomic mass is 10.1. The monoisotopic (exact) mass is 537 g/mol. The molecule has 0 aromatic heterocycles. The molecule has 9 nitrogen and oxygen atoms in total. The van der Waals surface area contributed by atoms with Crippen LogP contribution in [0.15, 0.2) is 42.5 Å². The van der Waals surface area contributed by atoms with Crippen molar-refractivity contribution in [3.63, 3.8) is 0 Å². The Morgan fingerprint density at radius 1 is 1.11 bits per heavy atom. The molecule has 11 heteroatoms. The van der Waals surface area contributed by atoms with Gasteiger partial charge in [-0.25, -0.2) is 8.42 Å². The summed E-state index contributed by atoms with van der Waals surface area (Å²) >= 11 is 6.12. The molecule has 2 aromatic carbocycles. The zero-order chi connectivity index (χ0) is 26.3. The van der Waals surface area contributed by atoms with Crippen LogP contribution in [0.4, 0.5) is 5.69 Å². The van der Waals surface area contributed by atoms with Gasteiger partial charge in [-0.1, -0.05) is 37.1 Å². The first kappa shape index (κ1) is 27.6. The van der Waals surface area contributed by atoms with E-state index in [0.29, 0.717) is 41.8 Å². The van der Waals surface area contributed by atoms with Crippen molar-refractivity contribution in [3.8, 4) is 11.5 Å².